The normalized spacial score (nSPS) is 39.7. The Morgan fingerprint density at radius 3 is 1.44 bits per heavy atom. The van der Waals surface area contributed by atoms with Crippen molar-refractivity contribution in [1.82, 2.24) is 0 Å². The molecule has 1 nitrogen and oxygen atoms in total. The molecule has 4 unspecified atom stereocenters. The highest BCUT2D eigenvalue weighted by Crippen LogP contribution is 2.54. The van der Waals surface area contributed by atoms with Crippen molar-refractivity contribution in [1.29, 1.82) is 0 Å². The standard InChI is InChI=1S/C22H34OSi2/c1-24(2,21-15-13-17-9-5-7-11-19(17)21)23-25(3,4)22-16-14-18-10-6-8-12-20(18)22/h5-12,17-22H,13-16H2,1-4H3/t17?,18?,19?,20?,21-,22-/m1/s1. The van der Waals surface area contributed by atoms with Crippen LogP contribution < -0.4 is 0 Å². The van der Waals surface area contributed by atoms with Gasteiger partial charge in [-0.25, -0.2) is 0 Å². The predicted molar refractivity (Wildman–Crippen MR) is 113 cm³/mol. The average molecular weight is 371 g/mol. The molecule has 25 heavy (non-hydrogen) atoms. The second-order valence-corrected chi connectivity index (χ2v) is 18.4. The largest absolute Gasteiger partial charge is 0.455 e. The monoisotopic (exact) mass is 370 g/mol. The van der Waals surface area contributed by atoms with E-state index in [9.17, 15) is 0 Å². The highest BCUT2D eigenvalue weighted by atomic mass is 28.4. The number of hydrogen-bond acceptors (Lipinski definition) is 1. The zero-order valence-corrected chi connectivity index (χ0v) is 18.3. The molecule has 0 aliphatic heterocycles. The minimum atomic E-state index is -1.70. The van der Waals surface area contributed by atoms with Gasteiger partial charge in [0, 0.05) is 0 Å². The Morgan fingerprint density at radius 2 is 1.00 bits per heavy atom. The molecule has 0 aromatic rings. The molecule has 0 aromatic heterocycles. The van der Waals surface area contributed by atoms with Crippen LogP contribution in [0.15, 0.2) is 48.6 Å². The minimum Gasteiger partial charge on any atom is -0.455 e. The van der Waals surface area contributed by atoms with Gasteiger partial charge in [-0.05, 0) is 86.6 Å². The van der Waals surface area contributed by atoms with Crippen LogP contribution in [-0.4, -0.2) is 16.6 Å². The van der Waals surface area contributed by atoms with Crippen LogP contribution in [0, 0.1) is 23.7 Å². The number of rotatable bonds is 4. The van der Waals surface area contributed by atoms with Crippen LogP contribution in [0.25, 0.3) is 0 Å². The molecule has 0 aromatic carbocycles. The maximum atomic E-state index is 7.25. The average Bonchev–Trinajstić information content (AvgIpc) is 3.18. The summed E-state index contributed by atoms with van der Waals surface area (Å²) in [7, 11) is -3.41. The Hall–Kier alpha value is -0.646. The van der Waals surface area contributed by atoms with E-state index in [1.807, 2.05) is 0 Å². The molecule has 2 saturated carbocycles. The minimum absolute atomic E-state index is 0.741. The summed E-state index contributed by atoms with van der Waals surface area (Å²) in [4.78, 5) is 0. The molecule has 6 atom stereocenters. The third kappa shape index (κ3) is 3.24. The number of hydrogen-bond donors (Lipinski definition) is 0. The van der Waals surface area contributed by atoms with E-state index in [1.54, 1.807) is 0 Å². The lowest BCUT2D eigenvalue weighted by Gasteiger charge is -2.44. The van der Waals surface area contributed by atoms with Gasteiger partial charge in [0.15, 0.2) is 16.6 Å². The molecule has 3 heteroatoms. The van der Waals surface area contributed by atoms with Gasteiger partial charge in [-0.2, -0.15) is 0 Å². The first-order chi connectivity index (χ1) is 11.9. The topological polar surface area (TPSA) is 9.23 Å². The summed E-state index contributed by atoms with van der Waals surface area (Å²) in [6.45, 7) is 10.1. The van der Waals surface area contributed by atoms with Gasteiger partial charge >= 0.3 is 0 Å². The van der Waals surface area contributed by atoms with Crippen molar-refractivity contribution in [2.24, 2.45) is 23.7 Å². The zero-order valence-electron chi connectivity index (χ0n) is 16.3. The van der Waals surface area contributed by atoms with Crippen LogP contribution in [0.4, 0.5) is 0 Å². The van der Waals surface area contributed by atoms with Crippen LogP contribution in [0.5, 0.6) is 0 Å². The van der Waals surface area contributed by atoms with Crippen LogP contribution in [0.1, 0.15) is 25.7 Å². The lowest BCUT2D eigenvalue weighted by atomic mass is 9.92. The fourth-order valence-corrected chi connectivity index (χ4v) is 17.3. The fraction of sp³-hybridized carbons (Fsp3) is 0.636. The summed E-state index contributed by atoms with van der Waals surface area (Å²) in [6.07, 6.45) is 24.3. The van der Waals surface area contributed by atoms with Gasteiger partial charge in [0.1, 0.15) is 0 Å². The SMILES string of the molecule is C[Si](C)(O[Si](C)(C)[C@@H]1CCC2C=CC=CC21)[C@@H]1CCC2C=CC=CC21. The molecule has 0 amide bonds. The summed E-state index contributed by atoms with van der Waals surface area (Å²) in [6, 6.07) is 0. The Kier molecular flexibility index (Phi) is 4.62. The van der Waals surface area contributed by atoms with Gasteiger partial charge < -0.3 is 4.12 Å². The second kappa shape index (κ2) is 6.51. The molecule has 4 rings (SSSR count). The molecular formula is C22H34OSi2. The molecule has 0 radical (unpaired) electrons. The van der Waals surface area contributed by atoms with Crippen molar-refractivity contribution in [2.45, 2.75) is 63.0 Å². The van der Waals surface area contributed by atoms with Gasteiger partial charge in [-0.3, -0.25) is 0 Å². The Bertz CT molecular complexity index is 574. The second-order valence-electron chi connectivity index (χ2n) is 9.70. The highest BCUT2D eigenvalue weighted by Gasteiger charge is 2.51. The van der Waals surface area contributed by atoms with Crippen LogP contribution in [0.2, 0.25) is 37.3 Å². The van der Waals surface area contributed by atoms with E-state index < -0.39 is 16.6 Å². The lowest BCUT2D eigenvalue weighted by Crippen LogP contribution is -2.51. The van der Waals surface area contributed by atoms with Gasteiger partial charge in [0.2, 0.25) is 0 Å². The third-order valence-corrected chi connectivity index (χ3v) is 16.6. The molecule has 0 heterocycles. The summed E-state index contributed by atoms with van der Waals surface area (Å²) < 4.78 is 7.25. The van der Waals surface area contributed by atoms with Crippen molar-refractivity contribution in [3.05, 3.63) is 48.6 Å². The van der Waals surface area contributed by atoms with E-state index in [2.05, 4.69) is 74.8 Å². The first-order valence-electron chi connectivity index (χ1n) is 10.3. The van der Waals surface area contributed by atoms with E-state index in [0.717, 1.165) is 34.8 Å². The first kappa shape index (κ1) is 17.8. The number of allylic oxidation sites excluding steroid dienone is 8. The molecule has 4 aliphatic carbocycles. The van der Waals surface area contributed by atoms with Crippen molar-refractivity contribution in [3.8, 4) is 0 Å². The van der Waals surface area contributed by atoms with Gasteiger partial charge in [-0.1, -0.05) is 48.6 Å². The van der Waals surface area contributed by atoms with E-state index in [4.69, 9.17) is 4.12 Å². The molecule has 0 N–H and O–H groups in total. The Labute approximate surface area is 156 Å². The zero-order chi connectivity index (χ0) is 17.7. The fourth-order valence-electron chi connectivity index (χ4n) is 6.36. The van der Waals surface area contributed by atoms with E-state index >= 15 is 0 Å². The Morgan fingerprint density at radius 1 is 0.600 bits per heavy atom. The van der Waals surface area contributed by atoms with Gasteiger partial charge in [0.05, 0.1) is 0 Å². The van der Waals surface area contributed by atoms with Crippen molar-refractivity contribution >= 4 is 16.6 Å². The van der Waals surface area contributed by atoms with Crippen molar-refractivity contribution < 1.29 is 4.12 Å². The summed E-state index contributed by atoms with van der Waals surface area (Å²) >= 11 is 0. The maximum absolute atomic E-state index is 7.25. The van der Waals surface area contributed by atoms with Crippen molar-refractivity contribution in [3.63, 3.8) is 0 Å². The van der Waals surface area contributed by atoms with E-state index in [1.165, 1.54) is 25.7 Å². The van der Waals surface area contributed by atoms with Crippen LogP contribution >= 0.6 is 0 Å². The first-order valence-corrected chi connectivity index (χ1v) is 16.3. The lowest BCUT2D eigenvalue weighted by molar-refractivity contribution is 0.445. The van der Waals surface area contributed by atoms with E-state index in [-0.39, 0.29) is 0 Å². The highest BCUT2D eigenvalue weighted by molar-refractivity contribution is 6.86. The Balaban J connectivity index is 1.50. The summed E-state index contributed by atoms with van der Waals surface area (Å²) in [5.74, 6) is 3.03. The van der Waals surface area contributed by atoms with Crippen LogP contribution in [-0.2, 0) is 4.12 Å². The van der Waals surface area contributed by atoms with Gasteiger partial charge in [0.25, 0.3) is 0 Å². The molecular weight excluding hydrogens is 336 g/mol. The molecule has 0 spiro atoms. The van der Waals surface area contributed by atoms with E-state index in [0.29, 0.717) is 0 Å². The molecule has 4 aliphatic rings. The van der Waals surface area contributed by atoms with Gasteiger partial charge in [-0.15, -0.1) is 0 Å². The summed E-state index contributed by atoms with van der Waals surface area (Å²) in [5.41, 5.74) is 1.59. The molecule has 0 saturated heterocycles. The molecule has 0 bridgehead atoms. The molecule has 2 fully saturated rings. The predicted octanol–water partition coefficient (Wildman–Crippen LogP) is 6.46. The summed E-state index contributed by atoms with van der Waals surface area (Å²) in [5, 5.41) is 0. The molecule has 136 valence electrons. The van der Waals surface area contributed by atoms with Crippen molar-refractivity contribution in [2.75, 3.05) is 0 Å². The number of fused-ring (bicyclic) bond motifs is 2. The third-order valence-electron chi connectivity index (χ3n) is 7.46. The quantitative estimate of drug-likeness (QED) is 0.516. The van der Waals surface area contributed by atoms with Crippen LogP contribution in [0.3, 0.4) is 0 Å². The smallest absolute Gasteiger partial charge is 0.177 e. The maximum Gasteiger partial charge on any atom is 0.177 e.